The standard InChI is InChI=1S/C12H13BrCl2N2.BrH/c1-7(13)17-11-5-8(6-16-11)12-9(14)3-2-4-10(12)15;/h2-4,7-8H,5-6H2,1H3,(H,16,17);1H. The molecule has 1 aliphatic heterocycles. The second-order valence-corrected chi connectivity index (χ2v) is 6.21. The normalized spacial score (nSPS) is 22.4. The molecule has 2 atom stereocenters. The summed E-state index contributed by atoms with van der Waals surface area (Å²) in [5.41, 5.74) is 1.02. The number of aliphatic imine (C=N–C) groups is 1. The molecule has 0 saturated carbocycles. The lowest BCUT2D eigenvalue weighted by molar-refractivity contribution is 0.764. The third-order valence-corrected chi connectivity index (χ3v) is 3.60. The SMILES string of the molecule is Br.CC(Br)/N=C1/CC(c2c(Cl)cccc2Cl)CN1. The van der Waals surface area contributed by atoms with Crippen LogP contribution in [0.5, 0.6) is 0 Å². The molecule has 18 heavy (non-hydrogen) atoms. The van der Waals surface area contributed by atoms with Crippen LogP contribution < -0.4 is 5.32 Å². The number of hydrogen-bond donors (Lipinski definition) is 1. The van der Waals surface area contributed by atoms with Gasteiger partial charge in [-0.1, -0.05) is 45.2 Å². The minimum Gasteiger partial charge on any atom is -0.373 e. The molecule has 0 spiro atoms. The van der Waals surface area contributed by atoms with Gasteiger partial charge in [-0.2, -0.15) is 0 Å². The summed E-state index contributed by atoms with van der Waals surface area (Å²) in [4.78, 5) is 4.58. The van der Waals surface area contributed by atoms with Gasteiger partial charge in [-0.25, -0.2) is 0 Å². The molecule has 0 bridgehead atoms. The van der Waals surface area contributed by atoms with Crippen molar-refractivity contribution in [1.29, 1.82) is 0 Å². The van der Waals surface area contributed by atoms with Gasteiger partial charge in [0.25, 0.3) is 0 Å². The Morgan fingerprint density at radius 3 is 2.56 bits per heavy atom. The van der Waals surface area contributed by atoms with Crippen LogP contribution in [0, 0.1) is 0 Å². The van der Waals surface area contributed by atoms with E-state index in [2.05, 4.69) is 26.2 Å². The van der Waals surface area contributed by atoms with Crippen molar-refractivity contribution >= 4 is 61.9 Å². The van der Waals surface area contributed by atoms with Crippen molar-refractivity contribution in [3.05, 3.63) is 33.8 Å². The highest BCUT2D eigenvalue weighted by atomic mass is 79.9. The second kappa shape index (κ2) is 7.13. The van der Waals surface area contributed by atoms with E-state index in [1.54, 1.807) is 0 Å². The highest BCUT2D eigenvalue weighted by Crippen LogP contribution is 2.35. The summed E-state index contributed by atoms with van der Waals surface area (Å²) in [6.07, 6.45) is 0.861. The van der Waals surface area contributed by atoms with Crippen LogP contribution in [0.15, 0.2) is 23.2 Å². The van der Waals surface area contributed by atoms with Crippen LogP contribution in [0.1, 0.15) is 24.8 Å². The lowest BCUT2D eigenvalue weighted by atomic mass is 9.98. The van der Waals surface area contributed by atoms with Crippen molar-refractivity contribution in [3.8, 4) is 0 Å². The van der Waals surface area contributed by atoms with Gasteiger partial charge in [0, 0.05) is 28.9 Å². The van der Waals surface area contributed by atoms with Gasteiger partial charge in [-0.3, -0.25) is 4.99 Å². The summed E-state index contributed by atoms with van der Waals surface area (Å²) in [5.74, 6) is 1.32. The number of nitrogens with zero attached hydrogens (tertiary/aromatic N) is 1. The van der Waals surface area contributed by atoms with Crippen LogP contribution >= 0.6 is 56.1 Å². The van der Waals surface area contributed by atoms with Gasteiger partial charge in [-0.05, 0) is 24.6 Å². The van der Waals surface area contributed by atoms with Crippen molar-refractivity contribution in [2.45, 2.75) is 24.2 Å². The zero-order valence-corrected chi connectivity index (χ0v) is 14.6. The average molecular weight is 417 g/mol. The van der Waals surface area contributed by atoms with E-state index >= 15 is 0 Å². The molecule has 2 rings (SSSR count). The van der Waals surface area contributed by atoms with Crippen molar-refractivity contribution in [3.63, 3.8) is 0 Å². The fraction of sp³-hybridized carbons (Fsp3) is 0.417. The molecule has 1 heterocycles. The number of rotatable bonds is 2. The van der Waals surface area contributed by atoms with Gasteiger partial charge in [0.15, 0.2) is 0 Å². The number of hydrogen-bond acceptors (Lipinski definition) is 1. The monoisotopic (exact) mass is 414 g/mol. The number of alkyl halides is 1. The Morgan fingerprint density at radius 1 is 1.39 bits per heavy atom. The van der Waals surface area contributed by atoms with Gasteiger partial charge >= 0.3 is 0 Å². The first-order valence-electron chi connectivity index (χ1n) is 5.46. The molecular weight excluding hydrogens is 403 g/mol. The van der Waals surface area contributed by atoms with Crippen LogP contribution in [-0.4, -0.2) is 17.3 Å². The third kappa shape index (κ3) is 3.86. The van der Waals surface area contributed by atoms with Gasteiger partial charge in [0.05, 0.1) is 5.84 Å². The molecule has 1 saturated heterocycles. The summed E-state index contributed by atoms with van der Waals surface area (Å²) in [5, 5.41) is 4.76. The maximum absolute atomic E-state index is 6.20. The molecule has 1 aromatic carbocycles. The van der Waals surface area contributed by atoms with Crippen LogP contribution in [0.3, 0.4) is 0 Å². The van der Waals surface area contributed by atoms with E-state index < -0.39 is 0 Å². The van der Waals surface area contributed by atoms with Crippen LogP contribution in [0.4, 0.5) is 0 Å². The molecule has 0 aromatic heterocycles. The van der Waals surface area contributed by atoms with Crippen LogP contribution in [0.2, 0.25) is 10.0 Å². The van der Waals surface area contributed by atoms with Crippen molar-refractivity contribution < 1.29 is 0 Å². The van der Waals surface area contributed by atoms with Crippen molar-refractivity contribution in [2.75, 3.05) is 6.54 Å². The molecule has 1 fully saturated rings. The average Bonchev–Trinajstić information content (AvgIpc) is 2.65. The summed E-state index contributed by atoms with van der Waals surface area (Å²) >= 11 is 15.8. The Labute approximate surface area is 136 Å². The highest BCUT2D eigenvalue weighted by molar-refractivity contribution is 9.09. The van der Waals surface area contributed by atoms with E-state index in [-0.39, 0.29) is 21.9 Å². The second-order valence-electron chi connectivity index (χ2n) is 4.07. The summed E-state index contributed by atoms with van der Waals surface area (Å²) in [7, 11) is 0. The molecule has 1 aliphatic rings. The van der Waals surface area contributed by atoms with E-state index in [0.717, 1.165) is 34.4 Å². The van der Waals surface area contributed by atoms with E-state index in [1.807, 2.05) is 25.1 Å². The Morgan fingerprint density at radius 2 is 2.00 bits per heavy atom. The number of halogens is 4. The third-order valence-electron chi connectivity index (χ3n) is 2.73. The molecule has 6 heteroatoms. The number of benzene rings is 1. The Kier molecular flexibility index (Phi) is 6.45. The fourth-order valence-corrected chi connectivity index (χ4v) is 2.99. The lowest BCUT2D eigenvalue weighted by Crippen LogP contribution is -2.15. The van der Waals surface area contributed by atoms with Crippen molar-refractivity contribution in [2.24, 2.45) is 4.99 Å². The van der Waals surface area contributed by atoms with E-state index in [0.29, 0.717) is 5.92 Å². The maximum atomic E-state index is 6.20. The fourth-order valence-electron chi connectivity index (χ4n) is 2.04. The smallest absolute Gasteiger partial charge is 0.104 e. The predicted octanol–water partition coefficient (Wildman–Crippen LogP) is 4.79. The summed E-state index contributed by atoms with van der Waals surface area (Å²) in [6.45, 7) is 2.83. The molecular formula is C12H14Br2Cl2N2. The molecule has 2 unspecified atom stereocenters. The maximum Gasteiger partial charge on any atom is 0.104 e. The minimum absolute atomic E-state index is 0. The summed E-state index contributed by atoms with van der Waals surface area (Å²) < 4.78 is 0. The van der Waals surface area contributed by atoms with Gasteiger partial charge < -0.3 is 5.32 Å². The van der Waals surface area contributed by atoms with Gasteiger partial charge in [0.2, 0.25) is 0 Å². The predicted molar refractivity (Wildman–Crippen MR) is 88.0 cm³/mol. The van der Waals surface area contributed by atoms with Crippen LogP contribution in [-0.2, 0) is 0 Å². The molecule has 2 nitrogen and oxygen atoms in total. The minimum atomic E-state index is 0. The topological polar surface area (TPSA) is 24.4 Å². The molecule has 1 N–H and O–H groups in total. The molecule has 0 radical (unpaired) electrons. The molecule has 100 valence electrons. The number of nitrogens with one attached hydrogen (secondary N) is 1. The highest BCUT2D eigenvalue weighted by Gasteiger charge is 2.25. The largest absolute Gasteiger partial charge is 0.373 e. The molecule has 0 amide bonds. The van der Waals surface area contributed by atoms with E-state index in [9.17, 15) is 0 Å². The zero-order chi connectivity index (χ0) is 12.4. The Hall–Kier alpha value is 0.230. The van der Waals surface area contributed by atoms with Gasteiger partial charge in [-0.15, -0.1) is 17.0 Å². The molecule has 0 aliphatic carbocycles. The zero-order valence-electron chi connectivity index (χ0n) is 9.79. The Bertz CT molecular complexity index is 429. The van der Waals surface area contributed by atoms with Crippen LogP contribution in [0.25, 0.3) is 0 Å². The first-order chi connectivity index (χ1) is 8.08. The van der Waals surface area contributed by atoms with Gasteiger partial charge in [0.1, 0.15) is 4.95 Å². The first kappa shape index (κ1) is 16.3. The summed E-state index contributed by atoms with van der Waals surface area (Å²) in [6, 6.07) is 5.63. The van der Waals surface area contributed by atoms with Crippen molar-refractivity contribution in [1.82, 2.24) is 5.32 Å². The molecule has 1 aromatic rings. The van der Waals surface area contributed by atoms with E-state index in [1.165, 1.54) is 0 Å². The number of amidine groups is 1. The quantitative estimate of drug-likeness (QED) is 0.544. The first-order valence-corrected chi connectivity index (χ1v) is 7.13. The Balaban J connectivity index is 0.00000162. The lowest BCUT2D eigenvalue weighted by Gasteiger charge is -2.12. The van der Waals surface area contributed by atoms with E-state index in [4.69, 9.17) is 23.2 Å².